The molecule has 0 aliphatic heterocycles. The number of aryl methyl sites for hydroxylation is 1. The highest BCUT2D eigenvalue weighted by molar-refractivity contribution is 6.33. The van der Waals surface area contributed by atoms with Crippen LogP contribution in [0, 0.1) is 0 Å². The zero-order valence-corrected chi connectivity index (χ0v) is 21.3. The highest BCUT2D eigenvalue weighted by atomic mass is 35.5. The third-order valence-corrected chi connectivity index (χ3v) is 6.15. The Hall–Kier alpha value is -3.77. The topological polar surface area (TPSA) is 65.4 Å². The van der Waals surface area contributed by atoms with Crippen LogP contribution in [0.5, 0.6) is 11.5 Å². The van der Waals surface area contributed by atoms with Crippen LogP contribution >= 0.6 is 11.6 Å². The number of benzene rings is 3. The number of fused-ring (bicyclic) bond motifs is 1. The van der Waals surface area contributed by atoms with Crippen molar-refractivity contribution in [1.82, 2.24) is 14.9 Å². The number of aromatic nitrogens is 2. The molecule has 0 aliphatic carbocycles. The van der Waals surface area contributed by atoms with E-state index in [-0.39, 0.29) is 5.91 Å². The van der Waals surface area contributed by atoms with Gasteiger partial charge in [0.15, 0.2) is 11.5 Å². The number of para-hydroxylation sites is 2. The maximum absolute atomic E-state index is 12.5. The smallest absolute Gasteiger partial charge is 0.252 e. The molecule has 4 rings (SSSR count). The summed E-state index contributed by atoms with van der Waals surface area (Å²) in [6.45, 7) is 3.72. The lowest BCUT2D eigenvalue weighted by Crippen LogP contribution is -2.26. The highest BCUT2D eigenvalue weighted by Gasteiger charge is 2.13. The number of allylic oxidation sites excluding steroid dienone is 1. The Kier molecular flexibility index (Phi) is 8.63. The van der Waals surface area contributed by atoms with Gasteiger partial charge in [-0.3, -0.25) is 4.79 Å². The molecule has 0 aliphatic rings. The van der Waals surface area contributed by atoms with Gasteiger partial charge in [0.1, 0.15) is 5.82 Å². The maximum Gasteiger partial charge on any atom is 0.252 e. The molecule has 1 heterocycles. The summed E-state index contributed by atoms with van der Waals surface area (Å²) in [5.74, 6) is 2.17. The van der Waals surface area contributed by atoms with Crippen LogP contribution in [0.15, 0.2) is 72.8 Å². The fraction of sp³-hybridized carbons (Fsp3) is 0.241. The first-order valence-electron chi connectivity index (χ1n) is 12.0. The lowest BCUT2D eigenvalue weighted by molar-refractivity contribution is 0.0954. The molecule has 186 valence electrons. The minimum atomic E-state index is -0.189. The second kappa shape index (κ2) is 12.3. The molecule has 0 radical (unpaired) electrons. The van der Waals surface area contributed by atoms with Crippen LogP contribution in [-0.4, -0.2) is 35.7 Å². The predicted molar refractivity (Wildman–Crippen MR) is 145 cm³/mol. The van der Waals surface area contributed by atoms with E-state index < -0.39 is 0 Å². The Morgan fingerprint density at radius 2 is 1.89 bits per heavy atom. The number of nitrogens with one attached hydrogen (secondary N) is 1. The summed E-state index contributed by atoms with van der Waals surface area (Å²) >= 11 is 6.15. The largest absolute Gasteiger partial charge is 0.493 e. The molecule has 6 nitrogen and oxygen atoms in total. The van der Waals surface area contributed by atoms with E-state index in [4.69, 9.17) is 26.1 Å². The summed E-state index contributed by atoms with van der Waals surface area (Å²) in [6.07, 6.45) is 5.41. The number of imidazole rings is 1. The summed E-state index contributed by atoms with van der Waals surface area (Å²) in [4.78, 5) is 17.3. The van der Waals surface area contributed by atoms with Crippen LogP contribution in [0.4, 0.5) is 0 Å². The Morgan fingerprint density at radius 3 is 2.69 bits per heavy atom. The van der Waals surface area contributed by atoms with E-state index in [1.807, 2.05) is 55.5 Å². The van der Waals surface area contributed by atoms with Crippen molar-refractivity contribution in [3.05, 3.63) is 94.8 Å². The summed E-state index contributed by atoms with van der Waals surface area (Å²) in [5, 5.41) is 3.39. The van der Waals surface area contributed by atoms with Crippen molar-refractivity contribution >= 4 is 34.6 Å². The number of rotatable bonds is 11. The number of hydrogen-bond donors (Lipinski definition) is 1. The van der Waals surface area contributed by atoms with Gasteiger partial charge in [-0.05, 0) is 55.3 Å². The quantitative estimate of drug-likeness (QED) is 0.248. The molecule has 0 fully saturated rings. The highest BCUT2D eigenvalue weighted by Crippen LogP contribution is 2.29. The molecule has 1 aromatic heterocycles. The lowest BCUT2D eigenvalue weighted by Gasteiger charge is -2.13. The van der Waals surface area contributed by atoms with E-state index in [9.17, 15) is 4.79 Å². The number of carbonyl (C=O) groups is 1. The lowest BCUT2D eigenvalue weighted by atomic mass is 10.2. The normalized spacial score (nSPS) is 11.2. The number of methoxy groups -OCH3 is 1. The average Bonchev–Trinajstić information content (AvgIpc) is 3.24. The van der Waals surface area contributed by atoms with Crippen LogP contribution in [0.2, 0.25) is 5.02 Å². The van der Waals surface area contributed by atoms with E-state index in [1.54, 1.807) is 31.4 Å². The van der Waals surface area contributed by atoms with Crippen molar-refractivity contribution in [2.24, 2.45) is 0 Å². The summed E-state index contributed by atoms with van der Waals surface area (Å²) in [5.41, 5.74) is 3.54. The minimum absolute atomic E-state index is 0.189. The minimum Gasteiger partial charge on any atom is -0.493 e. The molecular formula is C29H30ClN3O3. The zero-order valence-electron chi connectivity index (χ0n) is 20.5. The fourth-order valence-electron chi connectivity index (χ4n) is 4.10. The van der Waals surface area contributed by atoms with Gasteiger partial charge in [-0.2, -0.15) is 0 Å². The van der Waals surface area contributed by atoms with Gasteiger partial charge in [0.05, 0.1) is 35.3 Å². The second-order valence-corrected chi connectivity index (χ2v) is 8.67. The van der Waals surface area contributed by atoms with Gasteiger partial charge >= 0.3 is 0 Å². The molecule has 0 bridgehead atoms. The van der Waals surface area contributed by atoms with E-state index in [1.165, 1.54) is 0 Å². The monoisotopic (exact) mass is 503 g/mol. The van der Waals surface area contributed by atoms with E-state index in [2.05, 4.69) is 16.0 Å². The number of carbonyl (C=O) groups excluding carboxylic acids is 1. The first-order chi connectivity index (χ1) is 17.6. The SMILES string of the molecule is C/C=C/c1ccc(OCCCn2c(CCNC(=O)c3ccccc3Cl)nc3ccccc32)c(OC)c1. The third kappa shape index (κ3) is 6.07. The van der Waals surface area contributed by atoms with Crippen molar-refractivity contribution < 1.29 is 14.3 Å². The Morgan fingerprint density at radius 1 is 1.08 bits per heavy atom. The van der Waals surface area contributed by atoms with Crippen molar-refractivity contribution in [2.75, 3.05) is 20.3 Å². The van der Waals surface area contributed by atoms with Crippen molar-refractivity contribution in [2.45, 2.75) is 26.3 Å². The van der Waals surface area contributed by atoms with Gasteiger partial charge in [-0.15, -0.1) is 0 Å². The zero-order chi connectivity index (χ0) is 25.3. The molecule has 1 N–H and O–H groups in total. The van der Waals surface area contributed by atoms with Crippen LogP contribution in [0.1, 0.15) is 35.1 Å². The molecule has 7 heteroatoms. The third-order valence-electron chi connectivity index (χ3n) is 5.82. The molecule has 0 unspecified atom stereocenters. The first-order valence-corrected chi connectivity index (χ1v) is 12.4. The fourth-order valence-corrected chi connectivity index (χ4v) is 4.32. The summed E-state index contributed by atoms with van der Waals surface area (Å²) in [7, 11) is 1.65. The summed E-state index contributed by atoms with van der Waals surface area (Å²) < 4.78 is 13.7. The molecule has 0 saturated carbocycles. The molecular weight excluding hydrogens is 474 g/mol. The van der Waals surface area contributed by atoms with Gasteiger partial charge in [-0.1, -0.05) is 54.1 Å². The number of ether oxygens (including phenoxy) is 2. The summed E-state index contributed by atoms with van der Waals surface area (Å²) in [6, 6.07) is 21.0. The number of nitrogens with zero attached hydrogens (tertiary/aromatic N) is 2. The van der Waals surface area contributed by atoms with Crippen LogP contribution in [-0.2, 0) is 13.0 Å². The Labute approximate surface area is 216 Å². The predicted octanol–water partition coefficient (Wildman–Crippen LogP) is 6.17. The molecule has 1 amide bonds. The van der Waals surface area contributed by atoms with E-state index in [0.717, 1.165) is 41.1 Å². The second-order valence-electron chi connectivity index (χ2n) is 8.27. The average molecular weight is 504 g/mol. The van der Waals surface area contributed by atoms with E-state index >= 15 is 0 Å². The van der Waals surface area contributed by atoms with Crippen LogP contribution < -0.4 is 14.8 Å². The molecule has 36 heavy (non-hydrogen) atoms. The van der Waals surface area contributed by atoms with Crippen LogP contribution in [0.25, 0.3) is 17.1 Å². The maximum atomic E-state index is 12.5. The molecule has 4 aromatic rings. The van der Waals surface area contributed by atoms with Gasteiger partial charge in [0, 0.05) is 19.5 Å². The van der Waals surface area contributed by atoms with Crippen molar-refractivity contribution in [3.63, 3.8) is 0 Å². The molecule has 0 saturated heterocycles. The van der Waals surface area contributed by atoms with Crippen molar-refractivity contribution in [3.8, 4) is 11.5 Å². The number of halogens is 1. The molecule has 3 aromatic carbocycles. The molecule has 0 spiro atoms. The first kappa shape index (κ1) is 25.3. The molecule has 0 atom stereocenters. The number of amides is 1. The van der Waals surface area contributed by atoms with Gasteiger partial charge < -0.3 is 19.4 Å². The van der Waals surface area contributed by atoms with Crippen molar-refractivity contribution in [1.29, 1.82) is 0 Å². The standard InChI is InChI=1S/C29H30ClN3O3/c1-3-9-21-14-15-26(27(20-21)35-2)36-19-8-18-33-25-13-7-6-12-24(25)32-28(33)16-17-31-29(34)22-10-4-5-11-23(22)30/h3-7,9-15,20H,8,16-19H2,1-2H3,(H,31,34)/b9-3+. The Balaban J connectivity index is 1.39. The van der Waals surface area contributed by atoms with E-state index in [0.29, 0.717) is 35.9 Å². The van der Waals surface area contributed by atoms with Crippen LogP contribution in [0.3, 0.4) is 0 Å². The van der Waals surface area contributed by atoms with Gasteiger partial charge in [0.25, 0.3) is 5.91 Å². The van der Waals surface area contributed by atoms with Gasteiger partial charge in [0.2, 0.25) is 0 Å². The number of hydrogen-bond acceptors (Lipinski definition) is 4. The van der Waals surface area contributed by atoms with Gasteiger partial charge in [-0.25, -0.2) is 4.98 Å². The Bertz CT molecular complexity index is 1360.